The molecule has 5 rings (SSSR count). The van der Waals surface area contributed by atoms with E-state index in [1.807, 2.05) is 30.3 Å². The summed E-state index contributed by atoms with van der Waals surface area (Å²) in [5.74, 6) is 0.672. The number of anilines is 1. The highest BCUT2D eigenvalue weighted by atomic mass is 16.7. The summed E-state index contributed by atoms with van der Waals surface area (Å²) >= 11 is 0. The van der Waals surface area contributed by atoms with Gasteiger partial charge in [0.05, 0.1) is 12.6 Å². The molecule has 3 aliphatic rings. The Labute approximate surface area is 198 Å². The van der Waals surface area contributed by atoms with Crippen molar-refractivity contribution in [2.45, 2.75) is 44.8 Å². The van der Waals surface area contributed by atoms with Gasteiger partial charge in [0.15, 0.2) is 11.5 Å². The van der Waals surface area contributed by atoms with E-state index in [1.165, 1.54) is 15.4 Å². The van der Waals surface area contributed by atoms with Gasteiger partial charge in [-0.1, -0.05) is 25.1 Å². The first-order valence-electron chi connectivity index (χ1n) is 11.7. The van der Waals surface area contributed by atoms with Crippen LogP contribution in [-0.4, -0.2) is 59.6 Å². The summed E-state index contributed by atoms with van der Waals surface area (Å²) in [4.78, 5) is 42.3. The van der Waals surface area contributed by atoms with Crippen LogP contribution in [0.2, 0.25) is 0 Å². The lowest BCUT2D eigenvalue weighted by Crippen LogP contribution is -2.70. The fraction of sp³-hybridized carbons (Fsp3) is 0.400. The van der Waals surface area contributed by atoms with Crippen LogP contribution in [0.15, 0.2) is 42.5 Å². The number of rotatable bonds is 6. The number of nitrogens with zero attached hydrogens (tertiary/aromatic N) is 2. The van der Waals surface area contributed by atoms with E-state index in [0.29, 0.717) is 30.2 Å². The second-order valence-electron chi connectivity index (χ2n) is 8.76. The molecule has 0 aromatic heterocycles. The van der Waals surface area contributed by atoms with Crippen molar-refractivity contribution in [2.75, 3.05) is 25.2 Å². The Kier molecular flexibility index (Phi) is 6.10. The van der Waals surface area contributed by atoms with Gasteiger partial charge in [-0.05, 0) is 61.2 Å². The number of carbonyl (C=O) groups is 3. The van der Waals surface area contributed by atoms with E-state index in [-0.39, 0.29) is 37.7 Å². The molecule has 178 valence electrons. The molecule has 0 radical (unpaired) electrons. The molecule has 2 unspecified atom stereocenters. The van der Waals surface area contributed by atoms with Gasteiger partial charge in [-0.15, -0.1) is 0 Å². The summed E-state index contributed by atoms with van der Waals surface area (Å²) in [7, 11) is 0. The zero-order valence-corrected chi connectivity index (χ0v) is 19.1. The molecular formula is C25H28N4O5. The Morgan fingerprint density at radius 1 is 1.09 bits per heavy atom. The number of ether oxygens (including phenoxy) is 2. The van der Waals surface area contributed by atoms with Crippen LogP contribution in [0.25, 0.3) is 0 Å². The SMILES string of the molecule is CCc1ccc(NC(=O)CN2C(=O)N(Cc3ccc4c(c3)OCO4)C(=O)C3NCCCC32)cc1. The van der Waals surface area contributed by atoms with Crippen LogP contribution in [0, 0.1) is 0 Å². The van der Waals surface area contributed by atoms with Crippen molar-refractivity contribution in [3.8, 4) is 11.5 Å². The molecule has 2 fully saturated rings. The average Bonchev–Trinajstić information content (AvgIpc) is 3.33. The van der Waals surface area contributed by atoms with E-state index >= 15 is 0 Å². The number of hydrogen-bond acceptors (Lipinski definition) is 6. The molecule has 0 aliphatic carbocycles. The van der Waals surface area contributed by atoms with Crippen LogP contribution < -0.4 is 20.1 Å². The van der Waals surface area contributed by atoms with Crippen molar-refractivity contribution in [3.05, 3.63) is 53.6 Å². The number of amides is 4. The number of aryl methyl sites for hydroxylation is 1. The summed E-state index contributed by atoms with van der Waals surface area (Å²) in [6.45, 7) is 2.89. The molecule has 3 heterocycles. The number of piperidine rings is 1. The maximum Gasteiger partial charge on any atom is 0.327 e. The third kappa shape index (κ3) is 4.31. The van der Waals surface area contributed by atoms with E-state index in [9.17, 15) is 14.4 Å². The molecule has 0 spiro atoms. The second-order valence-corrected chi connectivity index (χ2v) is 8.76. The van der Waals surface area contributed by atoms with Crippen molar-refractivity contribution < 1.29 is 23.9 Å². The normalized spacial score (nSPS) is 21.4. The van der Waals surface area contributed by atoms with Gasteiger partial charge in [-0.25, -0.2) is 4.79 Å². The van der Waals surface area contributed by atoms with Crippen LogP contribution in [0.3, 0.4) is 0 Å². The van der Waals surface area contributed by atoms with Gasteiger partial charge in [-0.3, -0.25) is 14.5 Å². The van der Waals surface area contributed by atoms with Crippen LogP contribution in [0.5, 0.6) is 11.5 Å². The van der Waals surface area contributed by atoms with Crippen molar-refractivity contribution in [2.24, 2.45) is 0 Å². The fourth-order valence-corrected chi connectivity index (χ4v) is 4.75. The van der Waals surface area contributed by atoms with Crippen molar-refractivity contribution in [1.29, 1.82) is 0 Å². The van der Waals surface area contributed by atoms with Crippen LogP contribution in [-0.2, 0) is 22.6 Å². The first-order valence-corrected chi connectivity index (χ1v) is 11.7. The van der Waals surface area contributed by atoms with Crippen LogP contribution in [0.4, 0.5) is 10.5 Å². The van der Waals surface area contributed by atoms with E-state index in [1.54, 1.807) is 12.1 Å². The summed E-state index contributed by atoms with van der Waals surface area (Å²) in [5.41, 5.74) is 2.61. The molecule has 9 heteroatoms. The highest BCUT2D eigenvalue weighted by molar-refractivity contribution is 6.02. The Bertz CT molecular complexity index is 1100. The van der Waals surface area contributed by atoms with Gasteiger partial charge >= 0.3 is 6.03 Å². The highest BCUT2D eigenvalue weighted by Gasteiger charge is 2.47. The maximum atomic E-state index is 13.5. The monoisotopic (exact) mass is 464 g/mol. The lowest BCUT2D eigenvalue weighted by molar-refractivity contribution is -0.138. The zero-order chi connectivity index (χ0) is 23.7. The van der Waals surface area contributed by atoms with Gasteiger partial charge in [0, 0.05) is 5.69 Å². The molecule has 34 heavy (non-hydrogen) atoms. The minimum atomic E-state index is -0.530. The second kappa shape index (κ2) is 9.34. The van der Waals surface area contributed by atoms with Gasteiger partial charge in [0.1, 0.15) is 12.6 Å². The maximum absolute atomic E-state index is 13.5. The van der Waals surface area contributed by atoms with E-state index in [2.05, 4.69) is 17.6 Å². The zero-order valence-electron chi connectivity index (χ0n) is 19.1. The molecule has 3 aliphatic heterocycles. The standard InChI is InChI=1S/C25H28N4O5/c1-2-16-5-8-18(9-6-16)27-22(30)14-28-19-4-3-11-26-23(19)24(31)29(25(28)32)13-17-7-10-20-21(12-17)34-15-33-20/h5-10,12,19,23,26H,2-4,11,13-15H2,1H3,(H,27,30). The van der Waals surface area contributed by atoms with E-state index < -0.39 is 12.1 Å². The first-order chi connectivity index (χ1) is 16.5. The average molecular weight is 465 g/mol. The summed E-state index contributed by atoms with van der Waals surface area (Å²) in [5, 5.41) is 6.13. The van der Waals surface area contributed by atoms with Gasteiger partial charge in [0.2, 0.25) is 18.6 Å². The molecule has 9 nitrogen and oxygen atoms in total. The molecule has 2 aromatic carbocycles. The summed E-state index contributed by atoms with van der Waals surface area (Å²) in [6.07, 6.45) is 2.42. The largest absolute Gasteiger partial charge is 0.454 e. The molecule has 4 amide bonds. The third-order valence-electron chi connectivity index (χ3n) is 6.57. The Morgan fingerprint density at radius 3 is 2.65 bits per heavy atom. The lowest BCUT2D eigenvalue weighted by atomic mass is 9.93. The highest BCUT2D eigenvalue weighted by Crippen LogP contribution is 2.33. The van der Waals surface area contributed by atoms with Crippen LogP contribution in [0.1, 0.15) is 30.9 Å². The molecule has 2 N–H and O–H groups in total. The molecule has 0 saturated carbocycles. The molecular weight excluding hydrogens is 436 g/mol. The van der Waals surface area contributed by atoms with Crippen molar-refractivity contribution >= 4 is 23.5 Å². The number of fused-ring (bicyclic) bond motifs is 2. The van der Waals surface area contributed by atoms with E-state index in [0.717, 1.165) is 18.4 Å². The summed E-state index contributed by atoms with van der Waals surface area (Å²) in [6, 6.07) is 11.7. The van der Waals surface area contributed by atoms with Crippen molar-refractivity contribution in [1.82, 2.24) is 15.1 Å². The van der Waals surface area contributed by atoms with Crippen LogP contribution >= 0.6 is 0 Å². The fourth-order valence-electron chi connectivity index (χ4n) is 4.75. The minimum absolute atomic E-state index is 0.0931. The van der Waals surface area contributed by atoms with Gasteiger partial charge < -0.3 is 25.0 Å². The van der Waals surface area contributed by atoms with Gasteiger partial charge in [0.25, 0.3) is 0 Å². The smallest absolute Gasteiger partial charge is 0.327 e. The number of nitrogens with one attached hydrogen (secondary N) is 2. The number of benzene rings is 2. The topological polar surface area (TPSA) is 100 Å². The Morgan fingerprint density at radius 2 is 1.85 bits per heavy atom. The minimum Gasteiger partial charge on any atom is -0.454 e. The molecule has 2 aromatic rings. The Hall–Kier alpha value is -3.59. The predicted octanol–water partition coefficient (Wildman–Crippen LogP) is 2.50. The molecule has 2 saturated heterocycles. The predicted molar refractivity (Wildman–Crippen MR) is 124 cm³/mol. The molecule has 0 bridgehead atoms. The van der Waals surface area contributed by atoms with Gasteiger partial charge in [-0.2, -0.15) is 0 Å². The number of hydrogen-bond donors (Lipinski definition) is 2. The van der Waals surface area contributed by atoms with Crippen molar-refractivity contribution in [3.63, 3.8) is 0 Å². The quantitative estimate of drug-likeness (QED) is 0.682. The number of carbonyl (C=O) groups excluding carboxylic acids is 3. The number of imide groups is 1. The lowest BCUT2D eigenvalue weighted by Gasteiger charge is -2.46. The summed E-state index contributed by atoms with van der Waals surface area (Å²) < 4.78 is 10.8. The molecule has 2 atom stereocenters. The third-order valence-corrected chi connectivity index (χ3v) is 6.57. The number of urea groups is 1. The van der Waals surface area contributed by atoms with E-state index in [4.69, 9.17) is 9.47 Å². The first kappa shape index (κ1) is 22.2. The Balaban J connectivity index is 1.34.